The Balaban J connectivity index is 1.04. The molecule has 0 spiro atoms. The van der Waals surface area contributed by atoms with Gasteiger partial charge >= 0.3 is 0 Å². The molecular weight excluding hydrogens is 484 g/mol. The summed E-state index contributed by atoms with van der Waals surface area (Å²) in [6, 6.07) is 2.28. The lowest BCUT2D eigenvalue weighted by atomic mass is 9.90. The first-order valence-electron chi connectivity index (χ1n) is 12.6. The van der Waals surface area contributed by atoms with Crippen LogP contribution in [0.4, 0.5) is 14.7 Å². The maximum atomic E-state index is 14.5. The molecular formula is C26H31F2N5O4. The number of ether oxygens (including phenoxy) is 3. The number of hydrogen-bond donors (Lipinski definition) is 0. The van der Waals surface area contributed by atoms with E-state index in [0.29, 0.717) is 31.0 Å². The van der Waals surface area contributed by atoms with Gasteiger partial charge in [0.15, 0.2) is 13.1 Å². The molecule has 1 saturated carbocycles. The Kier molecular flexibility index (Phi) is 7.78. The number of hydrogen-bond acceptors (Lipinski definition) is 8. The van der Waals surface area contributed by atoms with Crippen LogP contribution in [0.3, 0.4) is 0 Å². The van der Waals surface area contributed by atoms with Crippen LogP contribution in [0.15, 0.2) is 29.6 Å². The highest BCUT2D eigenvalue weighted by Crippen LogP contribution is 2.49. The van der Waals surface area contributed by atoms with Gasteiger partial charge in [0.25, 0.3) is 0 Å². The maximum Gasteiger partial charge on any atom is 0.250 e. The second-order valence-electron chi connectivity index (χ2n) is 9.80. The van der Waals surface area contributed by atoms with Crippen molar-refractivity contribution in [2.75, 3.05) is 38.4 Å². The Morgan fingerprint density at radius 1 is 1.16 bits per heavy atom. The molecule has 2 atom stereocenters. The van der Waals surface area contributed by atoms with Gasteiger partial charge in [-0.3, -0.25) is 4.79 Å². The maximum absolute atomic E-state index is 14.5. The summed E-state index contributed by atoms with van der Waals surface area (Å²) in [4.78, 5) is 23.3. The third-order valence-electron chi connectivity index (χ3n) is 7.35. The first-order valence-corrected chi connectivity index (χ1v) is 12.6. The molecule has 3 heterocycles. The van der Waals surface area contributed by atoms with Crippen LogP contribution in [0.1, 0.15) is 36.8 Å². The minimum atomic E-state index is -0.805. The van der Waals surface area contributed by atoms with E-state index in [1.165, 1.54) is 6.42 Å². The Bertz CT molecular complexity index is 1100. The highest BCUT2D eigenvalue weighted by atomic mass is 19.1. The quantitative estimate of drug-likeness (QED) is 0.478. The largest absolute Gasteiger partial charge is 0.493 e. The van der Waals surface area contributed by atoms with E-state index >= 15 is 0 Å². The predicted octanol–water partition coefficient (Wildman–Crippen LogP) is 3.52. The topological polar surface area (TPSA) is 89.4 Å². The monoisotopic (exact) mass is 515 g/mol. The average molecular weight is 516 g/mol. The molecule has 2 fully saturated rings. The van der Waals surface area contributed by atoms with E-state index < -0.39 is 24.0 Å². The summed E-state index contributed by atoms with van der Waals surface area (Å²) in [5.41, 5.74) is 0.660. The zero-order chi connectivity index (χ0) is 25.8. The molecule has 3 aliphatic rings. The Hall–Kier alpha value is -3.34. The number of benzene rings is 1. The molecule has 0 radical (unpaired) electrons. The van der Waals surface area contributed by atoms with Gasteiger partial charge in [-0.1, -0.05) is 0 Å². The molecule has 1 aromatic carbocycles. The fourth-order valence-corrected chi connectivity index (χ4v) is 5.23. The molecule has 1 aliphatic carbocycles. The van der Waals surface area contributed by atoms with Gasteiger partial charge in [-0.2, -0.15) is 5.01 Å². The fraction of sp³-hybridized carbons (Fsp3) is 0.538. The lowest BCUT2D eigenvalue weighted by Crippen LogP contribution is -2.35. The van der Waals surface area contributed by atoms with Crippen molar-refractivity contribution < 1.29 is 27.8 Å². The molecule has 0 N–H and O–H groups in total. The number of carbonyl (C=O) groups is 1. The van der Waals surface area contributed by atoms with Gasteiger partial charge in [0, 0.05) is 55.9 Å². The minimum Gasteiger partial charge on any atom is -0.493 e. The van der Waals surface area contributed by atoms with Crippen LogP contribution in [0.5, 0.6) is 5.75 Å². The Labute approximate surface area is 214 Å². The summed E-state index contributed by atoms with van der Waals surface area (Å²) < 4.78 is 44.6. The van der Waals surface area contributed by atoms with E-state index in [1.54, 1.807) is 7.11 Å². The van der Waals surface area contributed by atoms with Crippen LogP contribution in [0.25, 0.3) is 0 Å². The molecule has 5 rings (SSSR count). The molecule has 0 unspecified atom stereocenters. The Morgan fingerprint density at radius 2 is 1.89 bits per heavy atom. The molecule has 0 bridgehead atoms. The molecule has 9 nitrogen and oxygen atoms in total. The minimum absolute atomic E-state index is 0.0535. The Morgan fingerprint density at radius 3 is 2.54 bits per heavy atom. The average Bonchev–Trinajstić information content (AvgIpc) is 3.45. The molecule has 11 heteroatoms. The van der Waals surface area contributed by atoms with Gasteiger partial charge in [0.05, 0.1) is 19.6 Å². The summed E-state index contributed by atoms with van der Waals surface area (Å²) in [6.45, 7) is 2.74. The van der Waals surface area contributed by atoms with Gasteiger partial charge in [0.2, 0.25) is 11.9 Å². The number of piperidine rings is 1. The van der Waals surface area contributed by atoms with Crippen molar-refractivity contribution in [3.05, 3.63) is 47.3 Å². The van der Waals surface area contributed by atoms with E-state index in [2.05, 4.69) is 20.0 Å². The zero-order valence-electron chi connectivity index (χ0n) is 20.8. The number of nitrogens with zero attached hydrogens (tertiary/aromatic N) is 5. The molecule has 1 amide bonds. The van der Waals surface area contributed by atoms with Gasteiger partial charge in [-0.05, 0) is 43.4 Å². The summed E-state index contributed by atoms with van der Waals surface area (Å²) in [5.74, 6) is 0.681. The fourth-order valence-electron chi connectivity index (χ4n) is 5.23. The number of rotatable bonds is 10. The first kappa shape index (κ1) is 25.3. The van der Waals surface area contributed by atoms with Crippen LogP contribution in [-0.4, -0.2) is 60.8 Å². The second kappa shape index (κ2) is 11.4. The van der Waals surface area contributed by atoms with Gasteiger partial charge < -0.3 is 19.1 Å². The first-order chi connectivity index (χ1) is 18.0. The normalized spacial score (nSPS) is 21.3. The van der Waals surface area contributed by atoms with Crippen molar-refractivity contribution in [1.82, 2.24) is 15.0 Å². The third kappa shape index (κ3) is 6.15. The standard InChI is InChI=1S/C26H31F2N5O4/c1-35-14-17-12-29-26(30-13-17)32-5-2-18(3-6-32)21-8-19(21)4-7-37-20-9-23(27)22(24(28)10-20)11-25(34)33-16-36-15-31-33/h9-10,12-13,15,18-19,21H,2-8,11,14,16H2,1H3/t19-,21-/m0/s1. The van der Waals surface area contributed by atoms with Crippen LogP contribution in [-0.2, 0) is 27.3 Å². The van der Waals surface area contributed by atoms with Crippen molar-refractivity contribution in [2.45, 2.75) is 38.7 Å². The number of amides is 1. The summed E-state index contributed by atoms with van der Waals surface area (Å²) in [5, 5.41) is 4.71. The molecule has 1 aromatic heterocycles. The highest BCUT2D eigenvalue weighted by Gasteiger charge is 2.43. The lowest BCUT2D eigenvalue weighted by molar-refractivity contribution is -0.132. The van der Waals surface area contributed by atoms with Gasteiger partial charge in [-0.15, -0.1) is 5.10 Å². The van der Waals surface area contributed by atoms with E-state index in [4.69, 9.17) is 14.2 Å². The van der Waals surface area contributed by atoms with E-state index in [1.807, 2.05) is 12.4 Å². The van der Waals surface area contributed by atoms with Crippen LogP contribution in [0, 0.1) is 29.4 Å². The number of anilines is 1. The summed E-state index contributed by atoms with van der Waals surface area (Å²) in [6.07, 6.45) is 8.55. The van der Waals surface area contributed by atoms with Crippen LogP contribution < -0.4 is 9.64 Å². The number of aromatic nitrogens is 2. The molecule has 2 aromatic rings. The van der Waals surface area contributed by atoms with Crippen molar-refractivity contribution in [1.29, 1.82) is 0 Å². The smallest absolute Gasteiger partial charge is 0.250 e. The number of carbonyl (C=O) groups excluding carboxylic acids is 1. The number of hydrazone groups is 1. The molecule has 2 aliphatic heterocycles. The predicted molar refractivity (Wildman–Crippen MR) is 131 cm³/mol. The number of methoxy groups -OCH3 is 1. The second-order valence-corrected chi connectivity index (χ2v) is 9.80. The molecule has 198 valence electrons. The lowest BCUT2D eigenvalue weighted by Gasteiger charge is -2.32. The van der Waals surface area contributed by atoms with Crippen molar-refractivity contribution >= 4 is 18.3 Å². The van der Waals surface area contributed by atoms with Crippen molar-refractivity contribution in [3.8, 4) is 5.75 Å². The van der Waals surface area contributed by atoms with Gasteiger partial charge in [0.1, 0.15) is 17.4 Å². The van der Waals surface area contributed by atoms with E-state index in [-0.39, 0.29) is 18.0 Å². The molecule has 37 heavy (non-hydrogen) atoms. The van der Waals surface area contributed by atoms with Crippen molar-refractivity contribution in [3.63, 3.8) is 0 Å². The molecule has 1 saturated heterocycles. The summed E-state index contributed by atoms with van der Waals surface area (Å²) in [7, 11) is 1.65. The SMILES string of the molecule is COCc1cnc(N2CCC([C@@H]3C[C@@H]3CCOc3cc(F)c(CC(=O)N4COC=N4)c(F)c3)CC2)nc1. The third-order valence-corrected chi connectivity index (χ3v) is 7.35. The number of halogens is 2. The van der Waals surface area contributed by atoms with E-state index in [9.17, 15) is 13.6 Å². The van der Waals surface area contributed by atoms with E-state index in [0.717, 1.165) is 67.4 Å². The zero-order valence-corrected chi connectivity index (χ0v) is 20.8. The van der Waals surface area contributed by atoms with Gasteiger partial charge in [-0.25, -0.2) is 18.7 Å². The van der Waals surface area contributed by atoms with Crippen molar-refractivity contribution in [2.24, 2.45) is 22.9 Å². The van der Waals surface area contributed by atoms with Crippen LogP contribution in [0.2, 0.25) is 0 Å². The van der Waals surface area contributed by atoms with Crippen LogP contribution >= 0.6 is 0 Å². The summed E-state index contributed by atoms with van der Waals surface area (Å²) >= 11 is 0. The highest BCUT2D eigenvalue weighted by molar-refractivity contribution is 5.79.